The number of aromatic nitrogens is 2. The molecule has 2 amide bonds. The van der Waals surface area contributed by atoms with Gasteiger partial charge in [-0.05, 0) is 36.8 Å². The number of pyridine rings is 1. The molecule has 0 aromatic carbocycles. The third kappa shape index (κ3) is 3.75. The number of hydrogen-bond donors (Lipinski definition) is 1. The lowest BCUT2D eigenvalue weighted by Crippen LogP contribution is -2.54. The van der Waals surface area contributed by atoms with Crippen LogP contribution in [0.25, 0.3) is 11.7 Å². The number of nitrogens with one attached hydrogen (secondary N) is 1. The fraction of sp³-hybridized carbons (Fsp3) is 0.286. The molecule has 0 saturated carbocycles. The van der Waals surface area contributed by atoms with Gasteiger partial charge >= 0.3 is 0 Å². The number of amides is 2. The van der Waals surface area contributed by atoms with Crippen molar-refractivity contribution in [1.29, 1.82) is 0 Å². The lowest BCUT2D eigenvalue weighted by Gasteiger charge is -2.30. The molecule has 2 aromatic rings. The largest absolute Gasteiger partial charge is 0.378 e. The Kier molecular flexibility index (Phi) is 5.66. The number of rotatable bonds is 4. The van der Waals surface area contributed by atoms with Crippen molar-refractivity contribution in [2.75, 3.05) is 37.7 Å². The Hall–Kier alpha value is -3.37. The van der Waals surface area contributed by atoms with E-state index < -0.39 is 11.8 Å². The Morgan fingerprint density at radius 1 is 1.29 bits per heavy atom. The van der Waals surface area contributed by atoms with E-state index in [0.29, 0.717) is 37.8 Å². The number of ether oxygens (including phenoxy) is 1. The fourth-order valence-electron chi connectivity index (χ4n) is 3.58. The van der Waals surface area contributed by atoms with Crippen molar-refractivity contribution in [2.45, 2.75) is 6.92 Å². The average molecular weight is 439 g/mol. The van der Waals surface area contributed by atoms with Crippen LogP contribution in [0.5, 0.6) is 0 Å². The zero-order valence-corrected chi connectivity index (χ0v) is 17.8. The van der Waals surface area contributed by atoms with Gasteiger partial charge in [-0.25, -0.2) is 4.98 Å². The second kappa shape index (κ2) is 8.40. The maximum absolute atomic E-state index is 13.4. The van der Waals surface area contributed by atoms with Gasteiger partial charge in [0.2, 0.25) is 0 Å². The Balaban J connectivity index is 1.93. The standard InChI is InChI=1S/C21H21N5O4S/c1-3-6-26-20(29)15(18(27)23-21(26)31)12-14-17(24-8-10-30-11-9-24)22-16-13(2)5-4-7-25(16)19(14)28/h3-5,7,12H,1,6,8-11H2,2H3,(H,23,27,31). The minimum absolute atomic E-state index is 0.00411. The highest BCUT2D eigenvalue weighted by molar-refractivity contribution is 7.80. The van der Waals surface area contributed by atoms with E-state index in [4.69, 9.17) is 21.9 Å². The molecular weight excluding hydrogens is 418 g/mol. The van der Waals surface area contributed by atoms with Gasteiger partial charge in [-0.3, -0.25) is 29.0 Å². The highest BCUT2D eigenvalue weighted by Crippen LogP contribution is 2.23. The van der Waals surface area contributed by atoms with Crippen LogP contribution in [-0.4, -0.2) is 64.1 Å². The number of carbonyl (C=O) groups excluding carboxylic acids is 2. The average Bonchev–Trinajstić information content (AvgIpc) is 2.76. The minimum atomic E-state index is -0.656. The molecule has 31 heavy (non-hydrogen) atoms. The molecule has 0 spiro atoms. The third-order valence-electron chi connectivity index (χ3n) is 5.16. The Morgan fingerprint density at radius 3 is 2.74 bits per heavy atom. The van der Waals surface area contributed by atoms with Crippen molar-refractivity contribution in [3.63, 3.8) is 0 Å². The molecule has 4 rings (SSSR count). The van der Waals surface area contributed by atoms with Gasteiger partial charge in [0.25, 0.3) is 17.4 Å². The first-order valence-electron chi connectivity index (χ1n) is 9.77. The monoisotopic (exact) mass is 439 g/mol. The summed E-state index contributed by atoms with van der Waals surface area (Å²) in [5, 5.41) is 2.50. The Morgan fingerprint density at radius 2 is 2.03 bits per heavy atom. The summed E-state index contributed by atoms with van der Waals surface area (Å²) in [6, 6.07) is 3.62. The van der Waals surface area contributed by atoms with Gasteiger partial charge in [0.1, 0.15) is 17.0 Å². The van der Waals surface area contributed by atoms with Gasteiger partial charge in [0, 0.05) is 25.8 Å². The highest BCUT2D eigenvalue weighted by Gasteiger charge is 2.33. The van der Waals surface area contributed by atoms with Gasteiger partial charge in [-0.15, -0.1) is 6.58 Å². The van der Waals surface area contributed by atoms with Gasteiger partial charge in [-0.2, -0.15) is 0 Å². The van der Waals surface area contributed by atoms with Crippen LogP contribution in [0.3, 0.4) is 0 Å². The summed E-state index contributed by atoms with van der Waals surface area (Å²) in [6.45, 7) is 7.69. The highest BCUT2D eigenvalue weighted by atomic mass is 32.1. The van der Waals surface area contributed by atoms with Crippen molar-refractivity contribution in [3.8, 4) is 0 Å². The number of aryl methyl sites for hydroxylation is 1. The van der Waals surface area contributed by atoms with Crippen LogP contribution in [0.15, 0.2) is 41.4 Å². The molecule has 0 atom stereocenters. The molecule has 2 aromatic heterocycles. The lowest BCUT2D eigenvalue weighted by atomic mass is 10.1. The van der Waals surface area contributed by atoms with Crippen LogP contribution in [0, 0.1) is 6.92 Å². The van der Waals surface area contributed by atoms with E-state index >= 15 is 0 Å². The lowest BCUT2D eigenvalue weighted by molar-refractivity contribution is -0.128. The van der Waals surface area contributed by atoms with E-state index in [1.807, 2.05) is 17.9 Å². The molecule has 2 saturated heterocycles. The second-order valence-electron chi connectivity index (χ2n) is 7.16. The SMILES string of the molecule is C=CCN1C(=O)C(=Cc2c(N3CCOCC3)nc3c(C)cccn3c2=O)C(=O)NC1=S. The summed E-state index contributed by atoms with van der Waals surface area (Å²) in [5.41, 5.74) is 0.963. The smallest absolute Gasteiger partial charge is 0.267 e. The zero-order chi connectivity index (χ0) is 22.1. The van der Waals surface area contributed by atoms with Gasteiger partial charge in [0.05, 0.1) is 18.8 Å². The summed E-state index contributed by atoms with van der Waals surface area (Å²) >= 11 is 5.09. The maximum atomic E-state index is 13.4. The minimum Gasteiger partial charge on any atom is -0.378 e. The zero-order valence-electron chi connectivity index (χ0n) is 17.0. The summed E-state index contributed by atoms with van der Waals surface area (Å²) in [6.07, 6.45) is 4.43. The number of fused-ring (bicyclic) bond motifs is 1. The molecule has 160 valence electrons. The fourth-order valence-corrected chi connectivity index (χ4v) is 3.83. The quantitative estimate of drug-likeness (QED) is 0.323. The molecule has 2 fully saturated rings. The van der Waals surface area contributed by atoms with E-state index in [0.717, 1.165) is 5.56 Å². The van der Waals surface area contributed by atoms with Gasteiger partial charge in [0.15, 0.2) is 5.11 Å². The van der Waals surface area contributed by atoms with Crippen molar-refractivity contribution in [3.05, 3.63) is 58.0 Å². The molecule has 2 aliphatic heterocycles. The van der Waals surface area contributed by atoms with Crippen molar-refractivity contribution in [1.82, 2.24) is 19.6 Å². The first kappa shape index (κ1) is 20.9. The van der Waals surface area contributed by atoms with Crippen molar-refractivity contribution < 1.29 is 14.3 Å². The molecule has 1 N–H and O–H groups in total. The Labute approximate surface area is 183 Å². The molecule has 0 bridgehead atoms. The summed E-state index contributed by atoms with van der Waals surface area (Å²) in [5.74, 6) is -0.827. The number of hydrogen-bond acceptors (Lipinski definition) is 7. The molecular formula is C21H21N5O4S. The third-order valence-corrected chi connectivity index (χ3v) is 5.48. The summed E-state index contributed by atoms with van der Waals surface area (Å²) in [4.78, 5) is 46.9. The molecule has 10 heteroatoms. The van der Waals surface area contributed by atoms with Gasteiger partial charge < -0.3 is 9.64 Å². The normalized spacial score (nSPS) is 18.6. The molecule has 0 radical (unpaired) electrons. The molecule has 9 nitrogen and oxygen atoms in total. The van der Waals surface area contributed by atoms with E-state index in [9.17, 15) is 14.4 Å². The first-order chi connectivity index (χ1) is 14.9. The van der Waals surface area contributed by atoms with Crippen LogP contribution in [-0.2, 0) is 14.3 Å². The number of carbonyl (C=O) groups is 2. The van der Waals surface area contributed by atoms with E-state index in [-0.39, 0.29) is 28.4 Å². The van der Waals surface area contributed by atoms with E-state index in [1.165, 1.54) is 21.5 Å². The number of morpholine rings is 1. The van der Waals surface area contributed by atoms with Gasteiger partial charge in [-0.1, -0.05) is 12.1 Å². The molecule has 0 aliphatic carbocycles. The Bertz CT molecular complexity index is 1200. The van der Waals surface area contributed by atoms with Crippen LogP contribution < -0.4 is 15.8 Å². The van der Waals surface area contributed by atoms with Crippen molar-refractivity contribution >= 4 is 46.7 Å². The molecule has 0 unspecified atom stereocenters. The number of nitrogens with zero attached hydrogens (tertiary/aromatic N) is 4. The summed E-state index contributed by atoms with van der Waals surface area (Å²) < 4.78 is 6.84. The van der Waals surface area contributed by atoms with Crippen LogP contribution in [0.2, 0.25) is 0 Å². The van der Waals surface area contributed by atoms with E-state index in [2.05, 4.69) is 11.9 Å². The van der Waals surface area contributed by atoms with Crippen LogP contribution in [0.4, 0.5) is 5.82 Å². The van der Waals surface area contributed by atoms with Crippen LogP contribution in [0.1, 0.15) is 11.1 Å². The molecule has 4 heterocycles. The van der Waals surface area contributed by atoms with Crippen molar-refractivity contribution in [2.24, 2.45) is 0 Å². The topological polar surface area (TPSA) is 96.2 Å². The van der Waals surface area contributed by atoms with E-state index in [1.54, 1.807) is 12.3 Å². The number of anilines is 1. The predicted octanol–water partition coefficient (Wildman–Crippen LogP) is 0.652. The second-order valence-corrected chi connectivity index (χ2v) is 7.55. The maximum Gasteiger partial charge on any atom is 0.267 e. The molecule has 2 aliphatic rings. The number of thiocarbonyl (C=S) groups is 1. The summed E-state index contributed by atoms with van der Waals surface area (Å²) in [7, 11) is 0. The predicted molar refractivity (Wildman–Crippen MR) is 120 cm³/mol. The van der Waals surface area contributed by atoms with Crippen LogP contribution >= 0.6 is 12.2 Å². The first-order valence-corrected chi connectivity index (χ1v) is 10.2.